The molecule has 1 amide bonds. The first kappa shape index (κ1) is 18.2. The monoisotopic (exact) mass is 346 g/mol. The van der Waals surface area contributed by atoms with E-state index in [1.807, 2.05) is 0 Å². The van der Waals surface area contributed by atoms with Gasteiger partial charge in [-0.2, -0.15) is 0 Å². The molecule has 0 spiro atoms. The number of carbonyl (C=O) groups is 1. The summed E-state index contributed by atoms with van der Waals surface area (Å²) in [5.41, 5.74) is 2.50. The second-order valence-corrected chi connectivity index (χ2v) is 7.54. The molecule has 1 aliphatic heterocycles. The van der Waals surface area contributed by atoms with Crippen molar-refractivity contribution in [1.82, 2.24) is 5.32 Å². The van der Waals surface area contributed by atoms with E-state index in [0.717, 1.165) is 39.1 Å². The number of carbonyl (C=O) groups excluding carboxylic acids is 1. The number of hydrogen-bond acceptors (Lipinski definition) is 3. The summed E-state index contributed by atoms with van der Waals surface area (Å²) in [4.78, 5) is 16.1. The van der Waals surface area contributed by atoms with Gasteiger partial charge in [-0.1, -0.05) is 25.0 Å². The van der Waals surface area contributed by atoms with Crippen LogP contribution >= 0.6 is 0 Å². The summed E-state index contributed by atoms with van der Waals surface area (Å²) in [6.07, 6.45) is 4.50. The fraction of sp³-hybridized carbons (Fsp3) is 0.650. The molecule has 1 aromatic carbocycles. The van der Waals surface area contributed by atoms with Gasteiger partial charge in [-0.05, 0) is 25.0 Å². The summed E-state index contributed by atoms with van der Waals surface area (Å²) in [7, 11) is 4.11. The van der Waals surface area contributed by atoms with Crippen LogP contribution in [0.4, 0.5) is 5.69 Å². The lowest BCUT2D eigenvalue weighted by atomic mass is 10.0. The number of anilines is 1. The van der Waals surface area contributed by atoms with Crippen molar-refractivity contribution in [3.63, 3.8) is 0 Å². The standard InChI is InChI=1S/C20H31N3O2/c1-22(2)18-9-7-16(8-10-18)19(23-11-13-25-14-12-23)15-21-20(24)17-5-3-4-6-17/h7-10,17,19H,3-6,11-15H2,1-2H3,(H,21,24)/p+1/t19-/m0/s1. The number of quaternary nitrogens is 1. The van der Waals surface area contributed by atoms with Crippen LogP contribution in [0.15, 0.2) is 24.3 Å². The van der Waals surface area contributed by atoms with Gasteiger partial charge in [0, 0.05) is 31.3 Å². The molecule has 2 N–H and O–H groups in total. The lowest BCUT2D eigenvalue weighted by Gasteiger charge is -2.32. The van der Waals surface area contributed by atoms with E-state index in [4.69, 9.17) is 4.74 Å². The topological polar surface area (TPSA) is 46.0 Å². The minimum Gasteiger partial charge on any atom is -0.378 e. The lowest BCUT2D eigenvalue weighted by molar-refractivity contribution is -0.937. The number of nitrogens with one attached hydrogen (secondary N) is 2. The Morgan fingerprint density at radius 1 is 1.20 bits per heavy atom. The van der Waals surface area contributed by atoms with Crippen molar-refractivity contribution in [2.45, 2.75) is 31.7 Å². The number of ether oxygens (including phenoxy) is 1. The average molecular weight is 346 g/mol. The number of hydrogen-bond donors (Lipinski definition) is 2. The Labute approximate surface area is 151 Å². The number of rotatable bonds is 6. The van der Waals surface area contributed by atoms with Gasteiger partial charge in [0.05, 0.1) is 19.8 Å². The van der Waals surface area contributed by atoms with E-state index in [1.165, 1.54) is 29.0 Å². The zero-order chi connectivity index (χ0) is 17.6. The molecule has 25 heavy (non-hydrogen) atoms. The second kappa shape index (κ2) is 8.68. The van der Waals surface area contributed by atoms with Crippen molar-refractivity contribution in [1.29, 1.82) is 0 Å². The molecule has 0 aromatic heterocycles. The van der Waals surface area contributed by atoms with Gasteiger partial charge in [0.15, 0.2) is 0 Å². The predicted octanol–water partition coefficient (Wildman–Crippen LogP) is 1.02. The average Bonchev–Trinajstić information content (AvgIpc) is 3.18. The summed E-state index contributed by atoms with van der Waals surface area (Å²) in [6, 6.07) is 9.06. The fourth-order valence-corrected chi connectivity index (χ4v) is 4.02. The number of benzene rings is 1. The maximum atomic E-state index is 12.5. The maximum Gasteiger partial charge on any atom is 0.223 e. The van der Waals surface area contributed by atoms with Crippen LogP contribution in [0.1, 0.15) is 37.3 Å². The highest BCUT2D eigenvalue weighted by atomic mass is 16.5. The van der Waals surface area contributed by atoms with Crippen molar-refractivity contribution in [3.8, 4) is 0 Å². The summed E-state index contributed by atoms with van der Waals surface area (Å²) in [5.74, 6) is 0.483. The molecule has 3 rings (SSSR count). The molecule has 1 heterocycles. The third-order valence-electron chi connectivity index (χ3n) is 5.65. The van der Waals surface area contributed by atoms with Gasteiger partial charge >= 0.3 is 0 Å². The molecule has 1 saturated carbocycles. The zero-order valence-corrected chi connectivity index (χ0v) is 15.6. The predicted molar refractivity (Wildman–Crippen MR) is 100.0 cm³/mol. The molecular weight excluding hydrogens is 314 g/mol. The fourth-order valence-electron chi connectivity index (χ4n) is 4.02. The largest absolute Gasteiger partial charge is 0.378 e. The van der Waals surface area contributed by atoms with E-state index in [9.17, 15) is 4.79 Å². The van der Waals surface area contributed by atoms with Gasteiger partial charge in [-0.15, -0.1) is 0 Å². The third-order valence-corrected chi connectivity index (χ3v) is 5.65. The molecular formula is C20H32N3O2+. The van der Waals surface area contributed by atoms with Crippen molar-refractivity contribution in [2.75, 3.05) is 51.8 Å². The first-order valence-electron chi connectivity index (χ1n) is 9.62. The number of morpholine rings is 1. The Balaban J connectivity index is 1.68. The van der Waals surface area contributed by atoms with E-state index >= 15 is 0 Å². The van der Waals surface area contributed by atoms with E-state index in [0.29, 0.717) is 12.6 Å². The summed E-state index contributed by atoms with van der Waals surface area (Å²) >= 11 is 0. The number of nitrogens with zero attached hydrogens (tertiary/aromatic N) is 1. The highest BCUT2D eigenvalue weighted by Gasteiger charge is 2.29. The molecule has 5 nitrogen and oxygen atoms in total. The normalized spacial score (nSPS) is 20.4. The van der Waals surface area contributed by atoms with Gasteiger partial charge < -0.3 is 19.9 Å². The second-order valence-electron chi connectivity index (χ2n) is 7.54. The molecule has 2 aliphatic rings. The minimum atomic E-state index is 0.233. The Morgan fingerprint density at radius 3 is 2.44 bits per heavy atom. The van der Waals surface area contributed by atoms with Gasteiger partial charge in [-0.3, -0.25) is 4.79 Å². The van der Waals surface area contributed by atoms with E-state index in [1.54, 1.807) is 0 Å². The Hall–Kier alpha value is -1.59. The highest BCUT2D eigenvalue weighted by molar-refractivity contribution is 5.78. The van der Waals surface area contributed by atoms with E-state index < -0.39 is 0 Å². The molecule has 0 unspecified atom stereocenters. The van der Waals surface area contributed by atoms with Crippen LogP contribution in [-0.4, -0.2) is 52.9 Å². The summed E-state index contributed by atoms with van der Waals surface area (Å²) < 4.78 is 5.53. The first-order valence-corrected chi connectivity index (χ1v) is 9.62. The molecule has 138 valence electrons. The van der Waals surface area contributed by atoms with Gasteiger partial charge in [0.2, 0.25) is 5.91 Å². The minimum absolute atomic E-state index is 0.233. The molecule has 2 fully saturated rings. The van der Waals surface area contributed by atoms with Crippen LogP contribution < -0.4 is 15.1 Å². The highest BCUT2D eigenvalue weighted by Crippen LogP contribution is 2.24. The van der Waals surface area contributed by atoms with Crippen LogP contribution in [0.2, 0.25) is 0 Å². The smallest absolute Gasteiger partial charge is 0.223 e. The Kier molecular flexibility index (Phi) is 6.32. The van der Waals surface area contributed by atoms with Crippen molar-refractivity contribution < 1.29 is 14.4 Å². The molecule has 0 bridgehead atoms. The van der Waals surface area contributed by atoms with Gasteiger partial charge in [0.25, 0.3) is 0 Å². The third kappa shape index (κ3) is 4.73. The van der Waals surface area contributed by atoms with Crippen LogP contribution in [0.25, 0.3) is 0 Å². The van der Waals surface area contributed by atoms with Crippen LogP contribution in [0.3, 0.4) is 0 Å². The molecule has 5 heteroatoms. The first-order chi connectivity index (χ1) is 12.1. The van der Waals surface area contributed by atoms with E-state index in [2.05, 4.69) is 48.6 Å². The Morgan fingerprint density at radius 2 is 1.84 bits per heavy atom. The van der Waals surface area contributed by atoms with Crippen LogP contribution in [-0.2, 0) is 9.53 Å². The van der Waals surface area contributed by atoms with Crippen LogP contribution in [0, 0.1) is 5.92 Å². The van der Waals surface area contributed by atoms with Crippen molar-refractivity contribution in [2.24, 2.45) is 5.92 Å². The van der Waals surface area contributed by atoms with Crippen LogP contribution in [0.5, 0.6) is 0 Å². The van der Waals surface area contributed by atoms with Gasteiger partial charge in [0.1, 0.15) is 19.1 Å². The van der Waals surface area contributed by atoms with Crippen molar-refractivity contribution >= 4 is 11.6 Å². The molecule has 1 aliphatic carbocycles. The van der Waals surface area contributed by atoms with Gasteiger partial charge in [-0.25, -0.2) is 0 Å². The van der Waals surface area contributed by atoms with Crippen molar-refractivity contribution in [3.05, 3.63) is 29.8 Å². The lowest BCUT2D eigenvalue weighted by Crippen LogP contribution is -3.15. The molecule has 1 atom stereocenters. The summed E-state index contributed by atoms with van der Waals surface area (Å²) in [6.45, 7) is 4.32. The molecule has 1 saturated heterocycles. The number of amides is 1. The Bertz CT molecular complexity index is 547. The SMILES string of the molecule is CN(C)c1ccc([C@H](CNC(=O)C2CCCC2)[NH+]2CCOCC2)cc1. The summed E-state index contributed by atoms with van der Waals surface area (Å²) in [5, 5.41) is 3.25. The quantitative estimate of drug-likeness (QED) is 0.808. The zero-order valence-electron chi connectivity index (χ0n) is 15.6. The van der Waals surface area contributed by atoms with E-state index in [-0.39, 0.29) is 11.8 Å². The molecule has 1 aromatic rings. The molecule has 0 radical (unpaired) electrons. The maximum absolute atomic E-state index is 12.5.